The molecule has 1 N–H and O–H groups in total. The van der Waals surface area contributed by atoms with Gasteiger partial charge >= 0.3 is 6.18 Å². The highest BCUT2D eigenvalue weighted by atomic mass is 19.4. The van der Waals surface area contributed by atoms with Crippen LogP contribution in [-0.4, -0.2) is 29.8 Å². The second-order valence-electron chi connectivity index (χ2n) is 7.86. The maximum atomic E-state index is 12.7. The van der Waals surface area contributed by atoms with Crippen molar-refractivity contribution in [2.45, 2.75) is 32.9 Å². The highest BCUT2D eigenvalue weighted by Crippen LogP contribution is 2.33. The molecule has 2 amide bonds. The van der Waals surface area contributed by atoms with E-state index >= 15 is 0 Å². The number of halogens is 3. The van der Waals surface area contributed by atoms with Crippen molar-refractivity contribution in [1.29, 1.82) is 0 Å². The van der Waals surface area contributed by atoms with Crippen LogP contribution in [0.4, 0.5) is 18.9 Å². The van der Waals surface area contributed by atoms with E-state index in [0.717, 1.165) is 12.1 Å². The van der Waals surface area contributed by atoms with Crippen LogP contribution < -0.4 is 10.1 Å². The summed E-state index contributed by atoms with van der Waals surface area (Å²) in [5.41, 5.74) is -0.322. The molecule has 1 aliphatic heterocycles. The van der Waals surface area contributed by atoms with E-state index in [9.17, 15) is 22.8 Å². The van der Waals surface area contributed by atoms with Crippen LogP contribution in [0.1, 0.15) is 32.3 Å². The average molecular weight is 434 g/mol. The zero-order valence-corrected chi connectivity index (χ0v) is 17.4. The molecule has 0 aliphatic carbocycles. The minimum atomic E-state index is -4.42. The lowest BCUT2D eigenvalue weighted by Gasteiger charge is -2.32. The Hall–Kier alpha value is -3.03. The van der Waals surface area contributed by atoms with Crippen LogP contribution in [0.2, 0.25) is 0 Å². The molecule has 0 aromatic heterocycles. The number of ether oxygens (including phenoxy) is 1. The van der Waals surface area contributed by atoms with Crippen molar-refractivity contribution in [2.24, 2.45) is 11.8 Å². The number of benzene rings is 2. The summed E-state index contributed by atoms with van der Waals surface area (Å²) in [7, 11) is 0. The molecular formula is C23H25F3N2O3. The first-order chi connectivity index (χ1) is 14.6. The molecule has 0 atom stereocenters. The van der Waals surface area contributed by atoms with Crippen molar-refractivity contribution in [3.63, 3.8) is 0 Å². The molecule has 0 spiro atoms. The molecule has 5 nitrogen and oxygen atoms in total. The van der Waals surface area contributed by atoms with Crippen LogP contribution in [0.15, 0.2) is 48.5 Å². The monoisotopic (exact) mass is 434 g/mol. The van der Waals surface area contributed by atoms with E-state index in [4.69, 9.17) is 4.74 Å². The third-order valence-electron chi connectivity index (χ3n) is 5.23. The SMILES string of the molecule is CC(C)C(=O)N1CCC(C(=O)Nc2ccccc2Oc2ccc(C(F)(F)F)cc2)CC1. The van der Waals surface area contributed by atoms with Crippen LogP contribution in [0.5, 0.6) is 11.5 Å². The number of carbonyl (C=O) groups is 2. The van der Waals surface area contributed by atoms with E-state index in [2.05, 4.69) is 5.32 Å². The van der Waals surface area contributed by atoms with E-state index in [1.54, 1.807) is 29.2 Å². The number of alkyl halides is 3. The maximum absolute atomic E-state index is 12.7. The second-order valence-corrected chi connectivity index (χ2v) is 7.86. The molecule has 8 heteroatoms. The topological polar surface area (TPSA) is 58.6 Å². The van der Waals surface area contributed by atoms with Crippen molar-refractivity contribution in [1.82, 2.24) is 4.90 Å². The summed E-state index contributed by atoms with van der Waals surface area (Å²) in [6.45, 7) is 4.79. The highest BCUT2D eigenvalue weighted by molar-refractivity contribution is 5.94. The van der Waals surface area contributed by atoms with Crippen molar-refractivity contribution >= 4 is 17.5 Å². The molecule has 2 aromatic carbocycles. The van der Waals surface area contributed by atoms with Gasteiger partial charge in [-0.05, 0) is 49.2 Å². The highest BCUT2D eigenvalue weighted by Gasteiger charge is 2.30. The summed E-state index contributed by atoms with van der Waals surface area (Å²) >= 11 is 0. The van der Waals surface area contributed by atoms with Crippen molar-refractivity contribution in [2.75, 3.05) is 18.4 Å². The first kappa shape index (κ1) is 22.7. The first-order valence-electron chi connectivity index (χ1n) is 10.2. The van der Waals surface area contributed by atoms with Crippen LogP contribution >= 0.6 is 0 Å². The van der Waals surface area contributed by atoms with Crippen molar-refractivity contribution < 1.29 is 27.5 Å². The number of nitrogens with one attached hydrogen (secondary N) is 1. The summed E-state index contributed by atoms with van der Waals surface area (Å²) in [6.07, 6.45) is -3.27. The van der Waals surface area contributed by atoms with E-state index in [0.29, 0.717) is 37.4 Å². The fourth-order valence-corrected chi connectivity index (χ4v) is 3.46. The zero-order chi connectivity index (χ0) is 22.6. The number of piperidine rings is 1. The molecular weight excluding hydrogens is 409 g/mol. The van der Waals surface area contributed by atoms with E-state index < -0.39 is 11.7 Å². The molecule has 0 radical (unpaired) electrons. The van der Waals surface area contributed by atoms with Gasteiger partial charge in [0.1, 0.15) is 5.75 Å². The third-order valence-corrected chi connectivity index (χ3v) is 5.23. The maximum Gasteiger partial charge on any atom is 0.416 e. The number of rotatable bonds is 5. The third kappa shape index (κ3) is 5.77. The van der Waals surface area contributed by atoms with Gasteiger partial charge < -0.3 is 15.0 Å². The molecule has 1 saturated heterocycles. The van der Waals surface area contributed by atoms with E-state index in [1.807, 2.05) is 13.8 Å². The first-order valence-corrected chi connectivity index (χ1v) is 10.2. The Morgan fingerprint density at radius 3 is 2.23 bits per heavy atom. The number of anilines is 1. The average Bonchev–Trinajstić information content (AvgIpc) is 2.74. The second kappa shape index (κ2) is 9.41. The lowest BCUT2D eigenvalue weighted by Crippen LogP contribution is -2.43. The number of hydrogen-bond donors (Lipinski definition) is 1. The van der Waals surface area contributed by atoms with E-state index in [-0.39, 0.29) is 29.4 Å². The summed E-state index contributed by atoms with van der Waals surface area (Å²) < 4.78 is 43.9. The van der Waals surface area contributed by atoms with Gasteiger partial charge in [0.2, 0.25) is 11.8 Å². The summed E-state index contributed by atoms with van der Waals surface area (Å²) in [5, 5.41) is 2.86. The number of para-hydroxylation sites is 2. The predicted molar refractivity (Wildman–Crippen MR) is 111 cm³/mol. The van der Waals surface area contributed by atoms with Gasteiger partial charge in [-0.3, -0.25) is 9.59 Å². The lowest BCUT2D eigenvalue weighted by atomic mass is 9.95. The Morgan fingerprint density at radius 1 is 1.03 bits per heavy atom. The lowest BCUT2D eigenvalue weighted by molar-refractivity contribution is -0.138. The zero-order valence-electron chi connectivity index (χ0n) is 17.4. The molecule has 0 bridgehead atoms. The van der Waals surface area contributed by atoms with Crippen LogP contribution in [0.3, 0.4) is 0 Å². The number of amides is 2. The van der Waals surface area contributed by atoms with Crippen LogP contribution in [0, 0.1) is 11.8 Å². The molecule has 1 fully saturated rings. The standard InChI is InChI=1S/C23H25F3N2O3/c1-15(2)22(30)28-13-11-16(12-14-28)21(29)27-19-5-3-4-6-20(19)31-18-9-7-17(8-10-18)23(24,25)26/h3-10,15-16H,11-14H2,1-2H3,(H,27,29). The number of nitrogens with zero attached hydrogens (tertiary/aromatic N) is 1. The molecule has 166 valence electrons. The summed E-state index contributed by atoms with van der Waals surface area (Å²) in [4.78, 5) is 26.6. The summed E-state index contributed by atoms with van der Waals surface area (Å²) in [6, 6.07) is 11.1. The quantitative estimate of drug-likeness (QED) is 0.692. The van der Waals surface area contributed by atoms with Gasteiger partial charge in [0, 0.05) is 24.9 Å². The smallest absolute Gasteiger partial charge is 0.416 e. The van der Waals surface area contributed by atoms with Gasteiger partial charge in [0.25, 0.3) is 0 Å². The fraction of sp³-hybridized carbons (Fsp3) is 0.391. The van der Waals surface area contributed by atoms with Gasteiger partial charge in [-0.1, -0.05) is 26.0 Å². The Labute approximate surface area is 179 Å². The van der Waals surface area contributed by atoms with Gasteiger partial charge in [-0.25, -0.2) is 0 Å². The number of carbonyl (C=O) groups excluding carboxylic acids is 2. The Morgan fingerprint density at radius 2 is 1.65 bits per heavy atom. The van der Waals surface area contributed by atoms with Gasteiger partial charge in [0.15, 0.2) is 5.75 Å². The predicted octanol–water partition coefficient (Wildman–Crippen LogP) is 5.33. The van der Waals surface area contributed by atoms with Gasteiger partial charge in [-0.15, -0.1) is 0 Å². The Kier molecular flexibility index (Phi) is 6.87. The normalized spacial score (nSPS) is 15.1. The molecule has 1 heterocycles. The number of hydrogen-bond acceptors (Lipinski definition) is 3. The minimum Gasteiger partial charge on any atom is -0.455 e. The van der Waals surface area contributed by atoms with E-state index in [1.165, 1.54) is 12.1 Å². The van der Waals surface area contributed by atoms with Crippen molar-refractivity contribution in [3.8, 4) is 11.5 Å². The summed E-state index contributed by atoms with van der Waals surface area (Å²) in [5.74, 6) is 0.197. The molecule has 1 aliphatic rings. The van der Waals surface area contributed by atoms with Gasteiger partial charge in [-0.2, -0.15) is 13.2 Å². The molecule has 3 rings (SSSR count). The fourth-order valence-electron chi connectivity index (χ4n) is 3.46. The van der Waals surface area contributed by atoms with Crippen LogP contribution in [0.25, 0.3) is 0 Å². The Balaban J connectivity index is 1.63. The minimum absolute atomic E-state index is 0.0698. The molecule has 0 unspecified atom stereocenters. The number of likely N-dealkylation sites (tertiary alicyclic amines) is 1. The molecule has 31 heavy (non-hydrogen) atoms. The largest absolute Gasteiger partial charge is 0.455 e. The molecule has 0 saturated carbocycles. The Bertz CT molecular complexity index is 918. The van der Waals surface area contributed by atoms with Gasteiger partial charge in [0.05, 0.1) is 11.3 Å². The van der Waals surface area contributed by atoms with Crippen LogP contribution in [-0.2, 0) is 15.8 Å². The van der Waals surface area contributed by atoms with Crippen molar-refractivity contribution in [3.05, 3.63) is 54.1 Å². The molecule has 2 aromatic rings.